The van der Waals surface area contributed by atoms with Gasteiger partial charge in [-0.1, -0.05) is 24.6 Å². The number of nitrogens with one attached hydrogen (secondary N) is 1. The van der Waals surface area contributed by atoms with Crippen molar-refractivity contribution in [1.82, 2.24) is 10.2 Å². The molecule has 122 valence electrons. The molecule has 0 aromatic heterocycles. The monoisotopic (exact) mass is 324 g/mol. The topological polar surface area (TPSA) is 69.6 Å². The quantitative estimate of drug-likeness (QED) is 0.757. The van der Waals surface area contributed by atoms with Crippen molar-refractivity contribution in [2.75, 3.05) is 19.3 Å². The smallest absolute Gasteiger partial charge is 0.317 e. The molecule has 1 aromatic rings. The molecule has 0 fully saturated rings. The predicted octanol–water partition coefficient (Wildman–Crippen LogP) is 2.84. The summed E-state index contributed by atoms with van der Waals surface area (Å²) in [6.45, 7) is 5.76. The van der Waals surface area contributed by atoms with Crippen LogP contribution in [0.15, 0.2) is 29.2 Å². The number of nitrogens with zero attached hydrogens (tertiary/aromatic N) is 1. The molecule has 0 radical (unpaired) electrons. The van der Waals surface area contributed by atoms with E-state index >= 15 is 0 Å². The second-order valence-electron chi connectivity index (χ2n) is 5.59. The second kappa shape index (κ2) is 8.68. The molecule has 0 aliphatic heterocycles. The van der Waals surface area contributed by atoms with Crippen LogP contribution in [0.25, 0.3) is 0 Å². The van der Waals surface area contributed by atoms with Crippen molar-refractivity contribution < 1.29 is 14.7 Å². The molecule has 0 spiro atoms. The summed E-state index contributed by atoms with van der Waals surface area (Å²) in [6, 6.07) is 8.01. The van der Waals surface area contributed by atoms with Crippen molar-refractivity contribution in [3.8, 4) is 0 Å². The SMILES string of the molecule is Cc1ccc(SCC(C)NC(=O)N(C)CC(C)C(=O)O)cc1. The Bertz CT molecular complexity index is 505. The molecule has 22 heavy (non-hydrogen) atoms. The van der Waals surface area contributed by atoms with E-state index in [1.165, 1.54) is 15.4 Å². The van der Waals surface area contributed by atoms with Gasteiger partial charge in [-0.15, -0.1) is 11.8 Å². The van der Waals surface area contributed by atoms with E-state index in [9.17, 15) is 9.59 Å². The molecule has 0 bridgehead atoms. The number of urea groups is 1. The van der Waals surface area contributed by atoms with Crippen molar-refractivity contribution in [1.29, 1.82) is 0 Å². The molecule has 0 heterocycles. The standard InChI is InChI=1S/C16H24N2O3S/c1-11-5-7-14(8-6-11)22-10-13(3)17-16(21)18(4)9-12(2)15(19)20/h5-8,12-13H,9-10H2,1-4H3,(H,17,21)(H,19,20). The lowest BCUT2D eigenvalue weighted by molar-refractivity contribution is -0.141. The van der Waals surface area contributed by atoms with Gasteiger partial charge in [0.05, 0.1) is 5.92 Å². The van der Waals surface area contributed by atoms with E-state index in [1.54, 1.807) is 25.7 Å². The van der Waals surface area contributed by atoms with Crippen LogP contribution < -0.4 is 5.32 Å². The third-order valence-corrected chi connectivity index (χ3v) is 4.48. The van der Waals surface area contributed by atoms with E-state index in [2.05, 4.69) is 29.6 Å². The number of hydrogen-bond donors (Lipinski definition) is 2. The Balaban J connectivity index is 2.37. The molecule has 1 rings (SSSR count). The van der Waals surface area contributed by atoms with Crippen LogP contribution in [0, 0.1) is 12.8 Å². The zero-order valence-corrected chi connectivity index (χ0v) is 14.3. The summed E-state index contributed by atoms with van der Waals surface area (Å²) in [5, 5.41) is 11.7. The summed E-state index contributed by atoms with van der Waals surface area (Å²) in [6.07, 6.45) is 0. The number of hydrogen-bond acceptors (Lipinski definition) is 3. The predicted molar refractivity (Wildman–Crippen MR) is 89.3 cm³/mol. The van der Waals surface area contributed by atoms with E-state index in [4.69, 9.17) is 5.11 Å². The van der Waals surface area contributed by atoms with Gasteiger partial charge in [0.15, 0.2) is 0 Å². The van der Waals surface area contributed by atoms with Crippen LogP contribution in [0.3, 0.4) is 0 Å². The number of aliphatic carboxylic acids is 1. The van der Waals surface area contributed by atoms with Crippen LogP contribution in [-0.4, -0.2) is 47.4 Å². The van der Waals surface area contributed by atoms with Crippen LogP contribution in [-0.2, 0) is 4.79 Å². The zero-order valence-electron chi connectivity index (χ0n) is 13.5. The molecule has 2 unspecified atom stereocenters. The first-order valence-corrected chi connectivity index (χ1v) is 8.22. The first-order valence-electron chi connectivity index (χ1n) is 7.23. The van der Waals surface area contributed by atoms with E-state index in [1.807, 2.05) is 13.8 Å². The number of amides is 2. The van der Waals surface area contributed by atoms with Gasteiger partial charge < -0.3 is 15.3 Å². The minimum atomic E-state index is -0.900. The van der Waals surface area contributed by atoms with E-state index in [0.717, 1.165) is 5.75 Å². The molecule has 5 nitrogen and oxygen atoms in total. The Hall–Kier alpha value is -1.69. The maximum atomic E-state index is 12.0. The summed E-state index contributed by atoms with van der Waals surface area (Å²) in [7, 11) is 1.61. The minimum Gasteiger partial charge on any atom is -0.481 e. The van der Waals surface area contributed by atoms with Gasteiger partial charge in [0, 0.05) is 30.3 Å². The Kier molecular flexibility index (Phi) is 7.24. The van der Waals surface area contributed by atoms with E-state index in [0.29, 0.717) is 0 Å². The second-order valence-corrected chi connectivity index (χ2v) is 6.69. The Morgan fingerprint density at radius 1 is 1.27 bits per heavy atom. The van der Waals surface area contributed by atoms with Gasteiger partial charge in [-0.25, -0.2) is 4.79 Å². The lowest BCUT2D eigenvalue weighted by Crippen LogP contribution is -2.45. The molecule has 2 amide bonds. The summed E-state index contributed by atoms with van der Waals surface area (Å²) in [5.41, 5.74) is 1.22. The number of rotatable bonds is 7. The van der Waals surface area contributed by atoms with Crippen LogP contribution in [0.1, 0.15) is 19.4 Å². The van der Waals surface area contributed by atoms with Crippen molar-refractivity contribution in [2.24, 2.45) is 5.92 Å². The molecule has 0 aliphatic carbocycles. The van der Waals surface area contributed by atoms with Gasteiger partial charge in [0.1, 0.15) is 0 Å². The zero-order chi connectivity index (χ0) is 16.7. The molecular weight excluding hydrogens is 300 g/mol. The third kappa shape index (κ3) is 6.39. The Morgan fingerprint density at radius 2 is 1.86 bits per heavy atom. The van der Waals surface area contributed by atoms with Gasteiger partial charge in [-0.05, 0) is 26.0 Å². The highest BCUT2D eigenvalue weighted by atomic mass is 32.2. The first-order chi connectivity index (χ1) is 10.3. The maximum absolute atomic E-state index is 12.0. The molecule has 1 aromatic carbocycles. The molecule has 0 saturated carbocycles. The average Bonchev–Trinajstić information content (AvgIpc) is 2.46. The minimum absolute atomic E-state index is 0.00128. The normalized spacial score (nSPS) is 13.3. The van der Waals surface area contributed by atoms with Crippen LogP contribution in [0.4, 0.5) is 4.79 Å². The van der Waals surface area contributed by atoms with Gasteiger partial charge in [0.2, 0.25) is 0 Å². The fourth-order valence-corrected chi connectivity index (χ4v) is 2.64. The number of thioether (sulfide) groups is 1. The van der Waals surface area contributed by atoms with Gasteiger partial charge in [-0.3, -0.25) is 4.79 Å². The number of carbonyl (C=O) groups excluding carboxylic acids is 1. The number of carboxylic acid groups (broad SMARTS) is 1. The van der Waals surface area contributed by atoms with Crippen LogP contribution in [0.5, 0.6) is 0 Å². The first kappa shape index (κ1) is 18.4. The Labute approximate surface area is 136 Å². The summed E-state index contributed by atoms with van der Waals surface area (Å²) in [4.78, 5) is 25.4. The van der Waals surface area contributed by atoms with E-state index < -0.39 is 11.9 Å². The molecule has 2 N–H and O–H groups in total. The maximum Gasteiger partial charge on any atom is 0.317 e. The van der Waals surface area contributed by atoms with Crippen LogP contribution >= 0.6 is 11.8 Å². The number of aryl methyl sites for hydroxylation is 1. The highest BCUT2D eigenvalue weighted by Gasteiger charge is 2.18. The van der Waals surface area contributed by atoms with Gasteiger partial charge in [0.25, 0.3) is 0 Å². The largest absolute Gasteiger partial charge is 0.481 e. The molecular formula is C16H24N2O3S. The van der Waals surface area contributed by atoms with Gasteiger partial charge in [-0.2, -0.15) is 0 Å². The van der Waals surface area contributed by atoms with Crippen molar-refractivity contribution in [2.45, 2.75) is 31.7 Å². The highest BCUT2D eigenvalue weighted by molar-refractivity contribution is 7.99. The fraction of sp³-hybridized carbons (Fsp3) is 0.500. The van der Waals surface area contributed by atoms with Crippen molar-refractivity contribution in [3.05, 3.63) is 29.8 Å². The molecule has 0 saturated heterocycles. The molecule has 0 aliphatic rings. The molecule has 2 atom stereocenters. The summed E-state index contributed by atoms with van der Waals surface area (Å²) in [5.74, 6) is -0.715. The highest BCUT2D eigenvalue weighted by Crippen LogP contribution is 2.19. The molecule has 6 heteroatoms. The average molecular weight is 324 g/mol. The fourth-order valence-electron chi connectivity index (χ4n) is 1.79. The Morgan fingerprint density at radius 3 is 2.41 bits per heavy atom. The van der Waals surface area contributed by atoms with Crippen molar-refractivity contribution >= 4 is 23.8 Å². The number of carboxylic acids is 1. The summed E-state index contributed by atoms with van der Waals surface area (Å²) < 4.78 is 0. The van der Waals surface area contributed by atoms with Crippen molar-refractivity contribution in [3.63, 3.8) is 0 Å². The lowest BCUT2D eigenvalue weighted by atomic mass is 10.2. The van der Waals surface area contributed by atoms with Gasteiger partial charge >= 0.3 is 12.0 Å². The number of carbonyl (C=O) groups is 2. The van der Waals surface area contributed by atoms with Crippen LogP contribution in [0.2, 0.25) is 0 Å². The summed E-state index contributed by atoms with van der Waals surface area (Å²) >= 11 is 1.68. The van der Waals surface area contributed by atoms with E-state index in [-0.39, 0.29) is 18.6 Å². The number of benzene rings is 1. The lowest BCUT2D eigenvalue weighted by Gasteiger charge is -2.22. The third-order valence-electron chi connectivity index (χ3n) is 3.21.